The zero-order valence-corrected chi connectivity index (χ0v) is 13.7. The van der Waals surface area contributed by atoms with Gasteiger partial charge in [0.2, 0.25) is 17.6 Å². The van der Waals surface area contributed by atoms with Crippen LogP contribution in [0, 0.1) is 0 Å². The minimum Gasteiger partial charge on any atom is -0.339 e. The first-order valence-electron chi connectivity index (χ1n) is 7.32. The molecule has 0 saturated heterocycles. The molecule has 0 aromatic carbocycles. The predicted molar refractivity (Wildman–Crippen MR) is 87.2 cm³/mol. The summed E-state index contributed by atoms with van der Waals surface area (Å²) in [4.78, 5) is 16.4. The lowest BCUT2D eigenvalue weighted by atomic mass is 10.3. The molecule has 0 radical (unpaired) electrons. The number of carbonyl (C=O) groups is 1. The molecule has 0 unspecified atom stereocenters. The van der Waals surface area contributed by atoms with E-state index in [9.17, 15) is 4.79 Å². The Morgan fingerprint density at radius 3 is 3.04 bits per heavy atom. The largest absolute Gasteiger partial charge is 0.339 e. The number of aryl methyl sites for hydroxylation is 1. The maximum Gasteiger partial charge on any atom is 0.227 e. The summed E-state index contributed by atoms with van der Waals surface area (Å²) < 4.78 is 6.95. The highest BCUT2D eigenvalue weighted by Crippen LogP contribution is 2.19. The van der Waals surface area contributed by atoms with Crippen molar-refractivity contribution in [2.24, 2.45) is 0 Å². The van der Waals surface area contributed by atoms with Gasteiger partial charge in [-0.05, 0) is 25.3 Å². The first kappa shape index (κ1) is 15.4. The highest BCUT2D eigenvalue weighted by molar-refractivity contribution is 7.08. The second-order valence-electron chi connectivity index (χ2n) is 5.33. The predicted octanol–water partition coefficient (Wildman–Crippen LogP) is 3.15. The highest BCUT2D eigenvalue weighted by Gasteiger charge is 2.13. The quantitative estimate of drug-likeness (QED) is 0.750. The summed E-state index contributed by atoms with van der Waals surface area (Å²) in [5, 5.41) is 14.9. The number of hydrogen-bond donors (Lipinski definition) is 1. The third-order valence-corrected chi connectivity index (χ3v) is 3.92. The van der Waals surface area contributed by atoms with Crippen LogP contribution in [0.2, 0.25) is 0 Å². The van der Waals surface area contributed by atoms with Crippen LogP contribution in [0.4, 0.5) is 5.82 Å². The number of nitrogens with one attached hydrogen (secondary N) is 1. The van der Waals surface area contributed by atoms with Gasteiger partial charge in [0.15, 0.2) is 0 Å². The summed E-state index contributed by atoms with van der Waals surface area (Å²) in [7, 11) is 0. The molecule has 3 rings (SSSR count). The molecule has 1 N–H and O–H groups in total. The van der Waals surface area contributed by atoms with Crippen LogP contribution in [0.25, 0.3) is 11.4 Å². The van der Waals surface area contributed by atoms with Crippen molar-refractivity contribution in [3.8, 4) is 11.4 Å². The van der Waals surface area contributed by atoms with Crippen LogP contribution in [0.3, 0.4) is 0 Å². The molecule has 7 nitrogen and oxygen atoms in total. The van der Waals surface area contributed by atoms with Crippen LogP contribution in [0.1, 0.15) is 32.2 Å². The Morgan fingerprint density at radius 1 is 1.43 bits per heavy atom. The molecule has 0 fully saturated rings. The number of thiophene rings is 1. The summed E-state index contributed by atoms with van der Waals surface area (Å²) in [5.74, 6) is 1.59. The van der Waals surface area contributed by atoms with Gasteiger partial charge in [0.25, 0.3) is 0 Å². The lowest BCUT2D eigenvalue weighted by Gasteiger charge is -2.11. The average Bonchev–Trinajstić information content (AvgIpc) is 3.25. The van der Waals surface area contributed by atoms with Crippen LogP contribution in [0.5, 0.6) is 0 Å². The summed E-state index contributed by atoms with van der Waals surface area (Å²) in [6, 6.07) is 3.89. The topological polar surface area (TPSA) is 85.8 Å². The van der Waals surface area contributed by atoms with E-state index in [1.54, 1.807) is 28.3 Å². The van der Waals surface area contributed by atoms with Crippen LogP contribution in [0.15, 0.2) is 33.6 Å². The first-order valence-corrected chi connectivity index (χ1v) is 8.26. The van der Waals surface area contributed by atoms with E-state index in [0.717, 1.165) is 5.56 Å². The maximum absolute atomic E-state index is 12.1. The van der Waals surface area contributed by atoms with Crippen LogP contribution < -0.4 is 5.32 Å². The lowest BCUT2D eigenvalue weighted by Crippen LogP contribution is -2.17. The van der Waals surface area contributed by atoms with Gasteiger partial charge in [-0.1, -0.05) is 5.16 Å². The lowest BCUT2D eigenvalue weighted by molar-refractivity contribution is -0.116. The van der Waals surface area contributed by atoms with Gasteiger partial charge in [-0.15, -0.1) is 0 Å². The monoisotopic (exact) mass is 331 g/mol. The van der Waals surface area contributed by atoms with Gasteiger partial charge < -0.3 is 9.84 Å². The van der Waals surface area contributed by atoms with Crippen molar-refractivity contribution >= 4 is 23.1 Å². The summed E-state index contributed by atoms with van der Waals surface area (Å²) in [6.07, 6.45) is 2.34. The van der Waals surface area contributed by atoms with Gasteiger partial charge >= 0.3 is 0 Å². The van der Waals surface area contributed by atoms with E-state index in [-0.39, 0.29) is 18.4 Å². The van der Waals surface area contributed by atoms with E-state index < -0.39 is 0 Å². The molecular formula is C15H17N5O2S. The van der Waals surface area contributed by atoms with Gasteiger partial charge in [-0.3, -0.25) is 4.79 Å². The Bertz CT molecular complexity index is 776. The normalized spacial score (nSPS) is 11.1. The fraction of sp³-hybridized carbons (Fsp3) is 0.333. The molecule has 8 heteroatoms. The summed E-state index contributed by atoms with van der Waals surface area (Å²) >= 11 is 1.57. The molecular weight excluding hydrogens is 314 g/mol. The Hall–Kier alpha value is -2.48. The van der Waals surface area contributed by atoms with Crippen LogP contribution in [-0.2, 0) is 11.2 Å². The van der Waals surface area contributed by atoms with Crippen molar-refractivity contribution < 1.29 is 9.32 Å². The third kappa shape index (κ3) is 3.65. The molecule has 3 aromatic rings. The zero-order valence-electron chi connectivity index (χ0n) is 12.9. The first-order chi connectivity index (χ1) is 11.1. The van der Waals surface area contributed by atoms with Crippen molar-refractivity contribution in [1.29, 1.82) is 0 Å². The Kier molecular flexibility index (Phi) is 4.52. The van der Waals surface area contributed by atoms with E-state index in [2.05, 4.69) is 20.6 Å². The molecule has 120 valence electrons. The Balaban J connectivity index is 1.56. The summed E-state index contributed by atoms with van der Waals surface area (Å²) in [6.45, 7) is 4.01. The molecule has 23 heavy (non-hydrogen) atoms. The van der Waals surface area contributed by atoms with E-state index in [4.69, 9.17) is 4.52 Å². The van der Waals surface area contributed by atoms with E-state index in [1.807, 2.05) is 30.7 Å². The number of aromatic nitrogens is 4. The number of anilines is 1. The average molecular weight is 331 g/mol. The molecule has 0 atom stereocenters. The second kappa shape index (κ2) is 6.74. The van der Waals surface area contributed by atoms with E-state index >= 15 is 0 Å². The van der Waals surface area contributed by atoms with Crippen molar-refractivity contribution in [2.75, 3.05) is 5.32 Å². The molecule has 0 spiro atoms. The Morgan fingerprint density at radius 2 is 2.30 bits per heavy atom. The van der Waals surface area contributed by atoms with E-state index in [1.165, 1.54) is 0 Å². The van der Waals surface area contributed by atoms with E-state index in [0.29, 0.717) is 24.0 Å². The van der Waals surface area contributed by atoms with Gasteiger partial charge in [-0.2, -0.15) is 21.4 Å². The zero-order chi connectivity index (χ0) is 16.2. The molecule has 0 bridgehead atoms. The summed E-state index contributed by atoms with van der Waals surface area (Å²) in [5.41, 5.74) is 0.926. The molecule has 0 saturated carbocycles. The number of carbonyl (C=O) groups excluding carboxylic acids is 1. The molecule has 0 aliphatic heterocycles. The molecule has 3 aromatic heterocycles. The molecule has 3 heterocycles. The Labute approximate surface area is 137 Å². The van der Waals surface area contributed by atoms with Gasteiger partial charge in [0.1, 0.15) is 5.82 Å². The van der Waals surface area contributed by atoms with Gasteiger partial charge in [-0.25, -0.2) is 4.68 Å². The molecule has 0 aliphatic rings. The number of amides is 1. The minimum atomic E-state index is -0.109. The molecule has 1 amide bonds. The molecule has 0 aliphatic carbocycles. The highest BCUT2D eigenvalue weighted by atomic mass is 32.1. The minimum absolute atomic E-state index is 0.109. The fourth-order valence-electron chi connectivity index (χ4n) is 2.12. The van der Waals surface area contributed by atoms with Gasteiger partial charge in [0, 0.05) is 35.9 Å². The number of rotatable bonds is 6. The SMILES string of the molecule is CC(C)n1nccc1NC(=O)CCc1nc(-c2ccsc2)no1. The number of nitrogens with zero attached hydrogens (tertiary/aromatic N) is 4. The number of hydrogen-bond acceptors (Lipinski definition) is 6. The second-order valence-corrected chi connectivity index (χ2v) is 6.11. The smallest absolute Gasteiger partial charge is 0.227 e. The maximum atomic E-state index is 12.1. The van der Waals surface area contributed by atoms with Crippen LogP contribution in [-0.4, -0.2) is 25.8 Å². The van der Waals surface area contributed by atoms with Crippen molar-refractivity contribution in [3.63, 3.8) is 0 Å². The van der Waals surface area contributed by atoms with Gasteiger partial charge in [0.05, 0.1) is 6.20 Å². The van der Waals surface area contributed by atoms with Crippen molar-refractivity contribution in [3.05, 3.63) is 35.0 Å². The van der Waals surface area contributed by atoms with Crippen molar-refractivity contribution in [2.45, 2.75) is 32.7 Å². The van der Waals surface area contributed by atoms with Crippen molar-refractivity contribution in [1.82, 2.24) is 19.9 Å². The standard InChI is InChI=1S/C15H17N5O2S/c1-10(2)20-12(5-7-16-20)17-13(21)3-4-14-18-15(19-22-14)11-6-8-23-9-11/h5-10H,3-4H2,1-2H3,(H,17,21). The third-order valence-electron chi connectivity index (χ3n) is 3.24. The van der Waals surface area contributed by atoms with Crippen LogP contribution >= 0.6 is 11.3 Å². The fourth-order valence-corrected chi connectivity index (χ4v) is 2.75.